The number of halogens is 5. The summed E-state index contributed by atoms with van der Waals surface area (Å²) in [6.07, 6.45) is -6.51. The van der Waals surface area contributed by atoms with Crippen LogP contribution >= 0.6 is 7.14 Å². The quantitative estimate of drug-likeness (QED) is 0.287. The third-order valence-corrected chi connectivity index (χ3v) is 8.28. The number of hydrogen-bond acceptors (Lipinski definition) is 4. The number of hydrogen-bond donors (Lipinski definition) is 1. The van der Waals surface area contributed by atoms with Crippen LogP contribution in [0, 0.1) is 13.8 Å². The molecule has 0 saturated heterocycles. The molecule has 1 unspecified atom stereocenters. The number of anilines is 1. The highest BCUT2D eigenvalue weighted by atomic mass is 31.2. The minimum atomic E-state index is -4.48. The van der Waals surface area contributed by atoms with Gasteiger partial charge in [-0.05, 0) is 81.8 Å². The van der Waals surface area contributed by atoms with E-state index in [9.17, 15) is 26.5 Å². The minimum Gasteiger partial charge on any atom is -0.363 e. The molecule has 1 heterocycles. The number of benzene rings is 2. The van der Waals surface area contributed by atoms with Crippen LogP contribution in [0.5, 0.6) is 0 Å². The Morgan fingerprint density at radius 3 is 2.29 bits per heavy atom. The average molecular weight is 511 g/mol. The molecule has 1 aliphatic carbocycles. The van der Waals surface area contributed by atoms with E-state index in [0.717, 1.165) is 6.07 Å². The Morgan fingerprint density at radius 1 is 1.09 bits per heavy atom. The van der Waals surface area contributed by atoms with Crippen molar-refractivity contribution < 1.29 is 26.5 Å². The van der Waals surface area contributed by atoms with Crippen LogP contribution in [0.15, 0.2) is 30.3 Å². The van der Waals surface area contributed by atoms with Crippen molar-refractivity contribution in [2.45, 2.75) is 57.7 Å². The summed E-state index contributed by atoms with van der Waals surface area (Å²) in [5, 5.41) is 4.02. The van der Waals surface area contributed by atoms with E-state index in [0.29, 0.717) is 51.8 Å². The van der Waals surface area contributed by atoms with Gasteiger partial charge < -0.3 is 9.88 Å². The van der Waals surface area contributed by atoms with Gasteiger partial charge in [0.1, 0.15) is 18.8 Å². The zero-order valence-electron chi connectivity index (χ0n) is 20.1. The Balaban J connectivity index is 1.86. The molecule has 1 N–H and O–H groups in total. The molecule has 0 bridgehead atoms. The second-order valence-electron chi connectivity index (χ2n) is 9.70. The van der Waals surface area contributed by atoms with Gasteiger partial charge >= 0.3 is 6.18 Å². The van der Waals surface area contributed by atoms with Gasteiger partial charge in [0.2, 0.25) is 6.43 Å². The molecule has 1 aliphatic rings. The van der Waals surface area contributed by atoms with Crippen molar-refractivity contribution in [3.05, 3.63) is 58.4 Å². The normalized spacial score (nSPS) is 16.5. The van der Waals surface area contributed by atoms with Crippen LogP contribution in [0.25, 0.3) is 10.9 Å². The maximum atomic E-state index is 14.1. The lowest BCUT2D eigenvalue weighted by Crippen LogP contribution is -2.26. The third-order valence-electron chi connectivity index (χ3n) is 6.75. The predicted molar refractivity (Wildman–Crippen MR) is 128 cm³/mol. The molecule has 10 heteroatoms. The van der Waals surface area contributed by atoms with Gasteiger partial charge in [0.05, 0.1) is 22.5 Å². The zero-order valence-corrected chi connectivity index (χ0v) is 21.0. The first-order valence-corrected chi connectivity index (χ1v) is 13.8. The first-order chi connectivity index (χ1) is 16.1. The second-order valence-corrected chi connectivity index (χ2v) is 12.9. The van der Waals surface area contributed by atoms with Gasteiger partial charge in [-0.2, -0.15) is 13.2 Å². The number of nitrogens with one attached hydrogen (secondary N) is 1. The maximum Gasteiger partial charge on any atom is 0.416 e. The summed E-state index contributed by atoms with van der Waals surface area (Å²) < 4.78 is 81.5. The number of fused-ring (bicyclic) bond motifs is 1. The molecule has 0 radical (unpaired) electrons. The van der Waals surface area contributed by atoms with Gasteiger partial charge in [-0.1, -0.05) is 12.1 Å². The molecule has 188 valence electrons. The molecular formula is C25H27F5N3OP. The summed E-state index contributed by atoms with van der Waals surface area (Å²) in [4.78, 5) is 8.88. The molecule has 2 aromatic carbocycles. The first-order valence-electron chi connectivity index (χ1n) is 11.2. The Labute approximate surface area is 200 Å². The molecule has 35 heavy (non-hydrogen) atoms. The van der Waals surface area contributed by atoms with Crippen LogP contribution in [0.3, 0.4) is 0 Å². The van der Waals surface area contributed by atoms with Gasteiger partial charge in [0, 0.05) is 10.7 Å². The van der Waals surface area contributed by atoms with Crippen molar-refractivity contribution in [1.82, 2.24) is 9.97 Å². The molecule has 0 amide bonds. The van der Waals surface area contributed by atoms with E-state index in [2.05, 4.69) is 15.3 Å². The van der Waals surface area contributed by atoms with Crippen LogP contribution in [0.1, 0.15) is 53.9 Å². The topological polar surface area (TPSA) is 54.9 Å². The molecule has 0 spiro atoms. The first kappa shape index (κ1) is 25.5. The molecular weight excluding hydrogens is 484 g/mol. The van der Waals surface area contributed by atoms with Gasteiger partial charge in [0.25, 0.3) is 0 Å². The van der Waals surface area contributed by atoms with Gasteiger partial charge in [0.15, 0.2) is 0 Å². The van der Waals surface area contributed by atoms with Gasteiger partial charge in [-0.3, -0.25) is 0 Å². The summed E-state index contributed by atoms with van der Waals surface area (Å²) in [6, 6.07) is 6.65. The SMILES string of the molecule is Cc1nc(NC(C)c2cccc(C(F)(F)F)c2C)c2cc(C3(C(F)F)CC3)c(P(C)(C)=O)cc2n1. The Hall–Kier alpha value is -2.54. The largest absolute Gasteiger partial charge is 0.416 e. The van der Waals surface area contributed by atoms with Crippen LogP contribution in [0.4, 0.5) is 27.8 Å². The predicted octanol–water partition coefficient (Wildman–Crippen LogP) is 6.98. The van der Waals surface area contributed by atoms with Gasteiger partial charge in [-0.25, -0.2) is 18.7 Å². The standard InChI is InChI=1S/C25H27F5N3OP/c1-13-16(7-6-8-18(13)25(28,29)30)14(2)31-22-17-11-19(24(9-10-24)23(26)27)21(35(4,5)34)12-20(17)32-15(3)33-22/h6-8,11-12,14,23H,9-10H2,1-5H3,(H,31,32,33). The lowest BCUT2D eigenvalue weighted by atomic mass is 9.94. The zero-order chi connectivity index (χ0) is 25.9. The van der Waals surface area contributed by atoms with Crippen molar-refractivity contribution in [2.24, 2.45) is 0 Å². The Morgan fingerprint density at radius 2 is 1.74 bits per heavy atom. The second kappa shape index (κ2) is 8.54. The molecule has 4 nitrogen and oxygen atoms in total. The molecule has 1 aromatic heterocycles. The monoisotopic (exact) mass is 511 g/mol. The van der Waals surface area contributed by atoms with Crippen molar-refractivity contribution in [3.8, 4) is 0 Å². The highest BCUT2D eigenvalue weighted by molar-refractivity contribution is 7.70. The molecule has 1 fully saturated rings. The summed E-state index contributed by atoms with van der Waals surface area (Å²) >= 11 is 0. The van der Waals surface area contributed by atoms with Crippen molar-refractivity contribution >= 4 is 29.2 Å². The molecule has 1 saturated carbocycles. The maximum absolute atomic E-state index is 14.1. The average Bonchev–Trinajstić information content (AvgIpc) is 3.53. The number of nitrogens with zero attached hydrogens (tertiary/aromatic N) is 2. The smallest absolute Gasteiger partial charge is 0.363 e. The fraction of sp³-hybridized carbons (Fsp3) is 0.440. The van der Waals surface area contributed by atoms with E-state index in [1.807, 2.05) is 0 Å². The lowest BCUT2D eigenvalue weighted by molar-refractivity contribution is -0.138. The number of aromatic nitrogens is 2. The lowest BCUT2D eigenvalue weighted by Gasteiger charge is -2.24. The minimum absolute atomic E-state index is 0.102. The van der Waals surface area contributed by atoms with Crippen molar-refractivity contribution in [2.75, 3.05) is 18.6 Å². The summed E-state index contributed by atoms with van der Waals surface area (Å²) in [6.45, 7) is 7.89. The van der Waals surface area contributed by atoms with E-state index in [1.54, 1.807) is 45.4 Å². The van der Waals surface area contributed by atoms with E-state index in [1.165, 1.54) is 13.0 Å². The van der Waals surface area contributed by atoms with Crippen LogP contribution in [-0.2, 0) is 16.2 Å². The Kier molecular flexibility index (Phi) is 6.23. The summed E-state index contributed by atoms with van der Waals surface area (Å²) in [5.74, 6) is 0.723. The van der Waals surface area contributed by atoms with Crippen LogP contribution in [0.2, 0.25) is 0 Å². The summed E-state index contributed by atoms with van der Waals surface area (Å²) in [7, 11) is -2.91. The highest BCUT2D eigenvalue weighted by Gasteiger charge is 2.54. The fourth-order valence-electron chi connectivity index (χ4n) is 4.69. The van der Waals surface area contributed by atoms with E-state index < -0.39 is 36.8 Å². The highest BCUT2D eigenvalue weighted by Crippen LogP contribution is 2.55. The van der Waals surface area contributed by atoms with Crippen LogP contribution < -0.4 is 10.6 Å². The van der Waals surface area contributed by atoms with E-state index in [4.69, 9.17) is 0 Å². The number of alkyl halides is 5. The summed E-state index contributed by atoms with van der Waals surface area (Å²) in [5.41, 5.74) is -0.734. The molecule has 0 aliphatic heterocycles. The number of rotatable bonds is 6. The molecule has 3 aromatic rings. The van der Waals surface area contributed by atoms with Crippen molar-refractivity contribution in [1.29, 1.82) is 0 Å². The van der Waals surface area contributed by atoms with Gasteiger partial charge in [-0.15, -0.1) is 0 Å². The fourth-order valence-corrected chi connectivity index (χ4v) is 5.99. The van der Waals surface area contributed by atoms with E-state index >= 15 is 0 Å². The third kappa shape index (κ3) is 4.67. The van der Waals surface area contributed by atoms with Crippen molar-refractivity contribution in [3.63, 3.8) is 0 Å². The van der Waals surface area contributed by atoms with E-state index in [-0.39, 0.29) is 5.56 Å². The Bertz CT molecular complexity index is 1350. The number of aryl methyl sites for hydroxylation is 1. The molecule has 4 rings (SSSR count). The molecule has 1 atom stereocenters. The van der Waals surface area contributed by atoms with Crippen LogP contribution in [-0.4, -0.2) is 29.7 Å².